The highest BCUT2D eigenvalue weighted by atomic mass is 16.6. The number of amides is 1. The largest absolute Gasteiger partial charge is 0.444 e. The molecule has 0 radical (unpaired) electrons. The van der Waals surface area contributed by atoms with Crippen molar-refractivity contribution >= 4 is 11.9 Å². The summed E-state index contributed by atoms with van der Waals surface area (Å²) in [4.78, 5) is 25.1. The van der Waals surface area contributed by atoms with Crippen molar-refractivity contribution in [1.82, 2.24) is 14.9 Å². The van der Waals surface area contributed by atoms with Gasteiger partial charge in [0, 0.05) is 37.8 Å². The van der Waals surface area contributed by atoms with Crippen LogP contribution in [0, 0.1) is 0 Å². The summed E-state index contributed by atoms with van der Waals surface area (Å²) in [6.07, 6.45) is 1.57. The molecule has 2 rings (SSSR count). The molecule has 1 aromatic heterocycles. The van der Waals surface area contributed by atoms with Gasteiger partial charge in [0.2, 0.25) is 0 Å². The van der Waals surface area contributed by atoms with Crippen molar-refractivity contribution in [3.8, 4) is 0 Å². The molecule has 0 bridgehead atoms. The second-order valence-corrected chi connectivity index (χ2v) is 7.94. The number of piperazine rings is 1. The van der Waals surface area contributed by atoms with Crippen molar-refractivity contribution in [2.75, 3.05) is 31.1 Å². The van der Waals surface area contributed by atoms with E-state index in [0.717, 1.165) is 24.7 Å². The molecule has 1 fully saturated rings. The molecule has 0 atom stereocenters. The highest BCUT2D eigenvalue weighted by Gasteiger charge is 2.27. The van der Waals surface area contributed by atoms with Crippen molar-refractivity contribution < 1.29 is 9.53 Å². The Morgan fingerprint density at radius 3 is 2.22 bits per heavy atom. The summed E-state index contributed by atoms with van der Waals surface area (Å²) >= 11 is 0. The van der Waals surface area contributed by atoms with E-state index in [4.69, 9.17) is 4.74 Å². The zero-order valence-corrected chi connectivity index (χ0v) is 15.1. The molecule has 1 aliphatic rings. The van der Waals surface area contributed by atoms with Crippen molar-refractivity contribution in [1.29, 1.82) is 0 Å². The second kappa shape index (κ2) is 6.34. The van der Waals surface area contributed by atoms with Crippen LogP contribution >= 0.6 is 0 Å². The molecular formula is C17H28N4O2. The predicted octanol–water partition coefficient (Wildman–Crippen LogP) is 2.83. The van der Waals surface area contributed by atoms with Crippen LogP contribution in [0.5, 0.6) is 0 Å². The fourth-order valence-corrected chi connectivity index (χ4v) is 2.33. The zero-order chi connectivity index (χ0) is 17.3. The molecule has 1 aliphatic heterocycles. The molecule has 6 nitrogen and oxygen atoms in total. The lowest BCUT2D eigenvalue weighted by Gasteiger charge is -2.36. The summed E-state index contributed by atoms with van der Waals surface area (Å²) in [6, 6.07) is 1.93. The second-order valence-electron chi connectivity index (χ2n) is 7.94. The molecule has 0 saturated carbocycles. The van der Waals surface area contributed by atoms with E-state index in [2.05, 4.69) is 35.6 Å². The first-order valence-electron chi connectivity index (χ1n) is 8.13. The third kappa shape index (κ3) is 4.81. The number of hydrogen-bond donors (Lipinski definition) is 0. The summed E-state index contributed by atoms with van der Waals surface area (Å²) in [5.74, 6) is 1.76. The molecule has 2 heterocycles. The summed E-state index contributed by atoms with van der Waals surface area (Å²) in [5, 5.41) is 0. The summed E-state index contributed by atoms with van der Waals surface area (Å²) in [6.45, 7) is 14.8. The van der Waals surface area contributed by atoms with Gasteiger partial charge in [-0.15, -0.1) is 0 Å². The fraction of sp³-hybridized carbons (Fsp3) is 0.706. The van der Waals surface area contributed by atoms with Crippen LogP contribution in [-0.4, -0.2) is 52.7 Å². The minimum absolute atomic E-state index is 0.0751. The standard InChI is InChI=1S/C17H28N4O2/c1-16(2,3)14-18-8-7-13(19-14)20-9-11-21(12-10-20)15(22)23-17(4,5)6/h7-8H,9-12H2,1-6H3. The Morgan fingerprint density at radius 2 is 1.70 bits per heavy atom. The predicted molar refractivity (Wildman–Crippen MR) is 90.8 cm³/mol. The lowest BCUT2D eigenvalue weighted by Crippen LogP contribution is -2.50. The molecule has 6 heteroatoms. The van der Waals surface area contributed by atoms with E-state index in [1.165, 1.54) is 0 Å². The third-order valence-electron chi connectivity index (χ3n) is 3.57. The number of rotatable bonds is 1. The van der Waals surface area contributed by atoms with Gasteiger partial charge in [0.1, 0.15) is 17.2 Å². The van der Waals surface area contributed by atoms with Gasteiger partial charge in [-0.05, 0) is 26.8 Å². The number of aromatic nitrogens is 2. The van der Waals surface area contributed by atoms with E-state index >= 15 is 0 Å². The number of carbonyl (C=O) groups is 1. The maximum absolute atomic E-state index is 12.1. The Morgan fingerprint density at radius 1 is 1.09 bits per heavy atom. The third-order valence-corrected chi connectivity index (χ3v) is 3.57. The van der Waals surface area contributed by atoms with Gasteiger partial charge in [0.15, 0.2) is 0 Å². The highest BCUT2D eigenvalue weighted by molar-refractivity contribution is 5.68. The summed E-state index contributed by atoms with van der Waals surface area (Å²) < 4.78 is 5.42. The minimum Gasteiger partial charge on any atom is -0.444 e. The van der Waals surface area contributed by atoms with E-state index < -0.39 is 5.60 Å². The van der Waals surface area contributed by atoms with Gasteiger partial charge in [-0.25, -0.2) is 14.8 Å². The van der Waals surface area contributed by atoms with Crippen LogP contribution in [0.4, 0.5) is 10.6 Å². The Hall–Kier alpha value is -1.85. The van der Waals surface area contributed by atoms with Gasteiger partial charge in [0.05, 0.1) is 0 Å². The van der Waals surface area contributed by atoms with Gasteiger partial charge in [-0.2, -0.15) is 0 Å². The van der Waals surface area contributed by atoms with E-state index in [-0.39, 0.29) is 11.5 Å². The first-order chi connectivity index (χ1) is 10.6. The lowest BCUT2D eigenvalue weighted by atomic mass is 9.96. The molecule has 0 N–H and O–H groups in total. The Kier molecular flexibility index (Phi) is 4.82. The van der Waals surface area contributed by atoms with Gasteiger partial charge in [-0.3, -0.25) is 0 Å². The fourth-order valence-electron chi connectivity index (χ4n) is 2.33. The summed E-state index contributed by atoms with van der Waals surface area (Å²) in [7, 11) is 0. The van der Waals surface area contributed by atoms with Crippen LogP contribution in [0.3, 0.4) is 0 Å². The molecule has 1 amide bonds. The van der Waals surface area contributed by atoms with Crippen LogP contribution in [-0.2, 0) is 10.2 Å². The van der Waals surface area contributed by atoms with E-state index in [1.807, 2.05) is 33.0 Å². The SMILES string of the molecule is CC(C)(C)OC(=O)N1CCN(c2ccnc(C(C)(C)C)n2)CC1. The first kappa shape index (κ1) is 17.5. The van der Waals surface area contributed by atoms with Crippen LogP contribution in [0.1, 0.15) is 47.4 Å². The van der Waals surface area contributed by atoms with Crippen molar-refractivity contribution in [2.24, 2.45) is 0 Å². The molecule has 0 aromatic carbocycles. The molecule has 23 heavy (non-hydrogen) atoms. The van der Waals surface area contributed by atoms with Gasteiger partial charge < -0.3 is 14.5 Å². The van der Waals surface area contributed by atoms with Crippen molar-refractivity contribution in [2.45, 2.75) is 52.6 Å². The smallest absolute Gasteiger partial charge is 0.410 e. The maximum Gasteiger partial charge on any atom is 0.410 e. The minimum atomic E-state index is -0.456. The number of anilines is 1. The quantitative estimate of drug-likeness (QED) is 0.796. The first-order valence-corrected chi connectivity index (χ1v) is 8.13. The van der Waals surface area contributed by atoms with E-state index in [9.17, 15) is 4.79 Å². The average molecular weight is 320 g/mol. The normalized spacial score (nSPS) is 16.4. The topological polar surface area (TPSA) is 58.6 Å². The van der Waals surface area contributed by atoms with Crippen LogP contribution in [0.25, 0.3) is 0 Å². The van der Waals surface area contributed by atoms with Gasteiger partial charge >= 0.3 is 6.09 Å². The number of ether oxygens (including phenoxy) is 1. The highest BCUT2D eigenvalue weighted by Crippen LogP contribution is 2.21. The molecule has 0 unspecified atom stereocenters. The molecule has 1 aromatic rings. The molecule has 1 saturated heterocycles. The summed E-state index contributed by atoms with van der Waals surface area (Å²) in [5.41, 5.74) is -0.531. The Bertz CT molecular complexity index is 552. The van der Waals surface area contributed by atoms with Crippen LogP contribution in [0.2, 0.25) is 0 Å². The van der Waals surface area contributed by atoms with Crippen molar-refractivity contribution in [3.05, 3.63) is 18.1 Å². The van der Waals surface area contributed by atoms with Crippen molar-refractivity contribution in [3.63, 3.8) is 0 Å². The molecule has 0 aliphatic carbocycles. The van der Waals surface area contributed by atoms with Gasteiger partial charge in [0.25, 0.3) is 0 Å². The Labute approximate surface area is 138 Å². The lowest BCUT2D eigenvalue weighted by molar-refractivity contribution is 0.0240. The zero-order valence-electron chi connectivity index (χ0n) is 15.1. The van der Waals surface area contributed by atoms with Gasteiger partial charge in [-0.1, -0.05) is 20.8 Å². The molecular weight excluding hydrogens is 292 g/mol. The van der Waals surface area contributed by atoms with Crippen LogP contribution in [0.15, 0.2) is 12.3 Å². The number of carbonyl (C=O) groups excluding carboxylic acids is 1. The monoisotopic (exact) mass is 320 g/mol. The number of nitrogens with zero attached hydrogens (tertiary/aromatic N) is 4. The Balaban J connectivity index is 1.98. The average Bonchev–Trinajstić information content (AvgIpc) is 2.45. The van der Waals surface area contributed by atoms with E-state index in [1.54, 1.807) is 4.90 Å². The maximum atomic E-state index is 12.1. The number of hydrogen-bond acceptors (Lipinski definition) is 5. The molecule has 0 spiro atoms. The van der Waals surface area contributed by atoms with E-state index in [0.29, 0.717) is 13.1 Å². The molecule has 128 valence electrons. The van der Waals surface area contributed by atoms with Crippen LogP contribution < -0.4 is 4.90 Å².